The summed E-state index contributed by atoms with van der Waals surface area (Å²) in [6.45, 7) is 2.32. The lowest BCUT2D eigenvalue weighted by Crippen LogP contribution is -2.20. The van der Waals surface area contributed by atoms with Gasteiger partial charge in [-0.25, -0.2) is 4.98 Å². The molecule has 3 aromatic rings. The Morgan fingerprint density at radius 3 is 2.89 bits per heavy atom. The summed E-state index contributed by atoms with van der Waals surface area (Å²) < 4.78 is 1.89. The molecule has 3 rings (SSSR count). The second-order valence-electron chi connectivity index (χ2n) is 6.05. The van der Waals surface area contributed by atoms with E-state index in [4.69, 9.17) is 11.6 Å². The third-order valence-electron chi connectivity index (χ3n) is 4.16. The summed E-state index contributed by atoms with van der Waals surface area (Å²) in [5.41, 5.74) is 1.93. The molecule has 1 N–H and O–H groups in total. The number of carbonyl (C=O) groups excluding carboxylic acids is 1. The maximum absolute atomic E-state index is 12.4. The molecule has 1 amide bonds. The minimum Gasteiger partial charge on any atom is -0.319 e. The van der Waals surface area contributed by atoms with Gasteiger partial charge in [-0.3, -0.25) is 9.59 Å². The lowest BCUT2D eigenvalue weighted by Gasteiger charge is -2.06. The van der Waals surface area contributed by atoms with Crippen molar-refractivity contribution in [3.8, 4) is 0 Å². The van der Waals surface area contributed by atoms with E-state index in [0.717, 1.165) is 5.56 Å². The molecule has 146 valence electrons. The van der Waals surface area contributed by atoms with Crippen molar-refractivity contribution in [2.45, 2.75) is 31.5 Å². The number of H-pyrrole nitrogens is 1. The predicted octanol–water partition coefficient (Wildman–Crippen LogP) is 3.43. The van der Waals surface area contributed by atoms with Gasteiger partial charge in [-0.05, 0) is 31.2 Å². The van der Waals surface area contributed by atoms with Crippen LogP contribution in [-0.4, -0.2) is 26.7 Å². The Balaban J connectivity index is 1.74. The monoisotopic (exact) mass is 434 g/mol. The molecule has 0 fully saturated rings. The molecule has 2 heterocycles. The number of aromatic nitrogens is 3. The van der Waals surface area contributed by atoms with E-state index in [9.17, 15) is 9.59 Å². The zero-order chi connectivity index (χ0) is 20.1. The number of nitrogens with zero attached hydrogens (tertiary/aromatic N) is 3. The van der Waals surface area contributed by atoms with Gasteiger partial charge in [0.2, 0.25) is 5.91 Å². The molecule has 0 radical (unpaired) electrons. The molecule has 6 nitrogen and oxygen atoms in total. The molecule has 0 atom stereocenters. The molecule has 0 aliphatic rings. The Morgan fingerprint density at radius 2 is 2.18 bits per heavy atom. The van der Waals surface area contributed by atoms with Crippen molar-refractivity contribution < 1.29 is 4.79 Å². The highest BCUT2D eigenvalue weighted by Crippen LogP contribution is 2.15. The first-order valence-corrected chi connectivity index (χ1v) is 11.0. The van der Waals surface area contributed by atoms with Crippen molar-refractivity contribution in [2.75, 3.05) is 6.26 Å². The van der Waals surface area contributed by atoms with Crippen molar-refractivity contribution >= 4 is 40.6 Å². The van der Waals surface area contributed by atoms with Crippen molar-refractivity contribution in [1.29, 1.82) is 0 Å². The molecule has 28 heavy (non-hydrogen) atoms. The molecule has 2 aromatic heterocycles. The molecule has 0 aliphatic carbocycles. The largest absolute Gasteiger partial charge is 0.319 e. The van der Waals surface area contributed by atoms with E-state index in [1.807, 2.05) is 46.7 Å². The summed E-state index contributed by atoms with van der Waals surface area (Å²) in [7, 11) is 0. The van der Waals surface area contributed by atoms with E-state index >= 15 is 0 Å². The van der Waals surface area contributed by atoms with Crippen LogP contribution in [0.4, 0.5) is 0 Å². The van der Waals surface area contributed by atoms with Crippen molar-refractivity contribution in [2.24, 2.45) is 4.99 Å². The quantitative estimate of drug-likeness (QED) is 0.476. The number of aromatic amines is 1. The highest BCUT2D eigenvalue weighted by Gasteiger charge is 2.11. The molecule has 0 aliphatic heterocycles. The van der Waals surface area contributed by atoms with Gasteiger partial charge in [0.1, 0.15) is 0 Å². The number of nitrogens with one attached hydrogen (secondary N) is 1. The van der Waals surface area contributed by atoms with Gasteiger partial charge >= 0.3 is 0 Å². The summed E-state index contributed by atoms with van der Waals surface area (Å²) in [4.78, 5) is 36.4. The van der Waals surface area contributed by atoms with Gasteiger partial charge in [-0.15, -0.1) is 11.3 Å². The van der Waals surface area contributed by atoms with Crippen LogP contribution >= 0.6 is 34.7 Å². The molecule has 0 saturated carbocycles. The first-order chi connectivity index (χ1) is 13.5. The summed E-state index contributed by atoms with van der Waals surface area (Å²) in [6, 6.07) is 7.58. The molecule has 1 aromatic carbocycles. The summed E-state index contributed by atoms with van der Waals surface area (Å²) >= 11 is 8.98. The summed E-state index contributed by atoms with van der Waals surface area (Å²) in [5, 5.41) is 3.12. The van der Waals surface area contributed by atoms with E-state index in [1.165, 1.54) is 23.1 Å². The fraction of sp³-hybridized carbons (Fsp3) is 0.263. The number of aryl methyl sites for hydroxylation is 1. The fourth-order valence-corrected chi connectivity index (χ4v) is 4.05. The summed E-state index contributed by atoms with van der Waals surface area (Å²) in [5.74, 6) is -0.275. The van der Waals surface area contributed by atoms with E-state index in [2.05, 4.69) is 15.0 Å². The van der Waals surface area contributed by atoms with Crippen LogP contribution in [0, 0.1) is 6.92 Å². The van der Waals surface area contributed by atoms with Crippen LogP contribution in [0.2, 0.25) is 5.02 Å². The van der Waals surface area contributed by atoms with Crippen LogP contribution in [0.25, 0.3) is 0 Å². The molecule has 0 saturated heterocycles. The average molecular weight is 435 g/mol. The Kier molecular flexibility index (Phi) is 6.88. The van der Waals surface area contributed by atoms with E-state index in [0.29, 0.717) is 39.2 Å². The number of carbonyl (C=O) groups is 1. The lowest BCUT2D eigenvalue weighted by molar-refractivity contribution is -0.118. The smallest absolute Gasteiger partial charge is 0.254 e. The maximum Gasteiger partial charge on any atom is 0.254 e. The van der Waals surface area contributed by atoms with Crippen molar-refractivity contribution in [1.82, 2.24) is 14.5 Å². The minimum absolute atomic E-state index is 0.147. The topological polar surface area (TPSA) is 80.1 Å². The number of benzene rings is 1. The molecule has 0 spiro atoms. The van der Waals surface area contributed by atoms with Crippen LogP contribution < -0.4 is 10.4 Å². The van der Waals surface area contributed by atoms with Gasteiger partial charge in [0.15, 0.2) is 9.96 Å². The van der Waals surface area contributed by atoms with Crippen LogP contribution in [-0.2, 0) is 17.8 Å². The highest BCUT2D eigenvalue weighted by atomic mass is 35.5. The zero-order valence-corrected chi connectivity index (χ0v) is 17.8. The second-order valence-corrected chi connectivity index (χ2v) is 8.12. The van der Waals surface area contributed by atoms with Gasteiger partial charge < -0.3 is 9.55 Å². The average Bonchev–Trinajstić information content (AvgIpc) is 3.09. The Hall–Kier alpha value is -2.16. The lowest BCUT2D eigenvalue weighted by atomic mass is 10.1. The van der Waals surface area contributed by atoms with E-state index in [1.54, 1.807) is 6.92 Å². The van der Waals surface area contributed by atoms with Crippen LogP contribution in [0.3, 0.4) is 0 Å². The zero-order valence-electron chi connectivity index (χ0n) is 15.4. The Morgan fingerprint density at radius 1 is 1.39 bits per heavy atom. The number of hydrogen-bond acceptors (Lipinski definition) is 5. The van der Waals surface area contributed by atoms with Crippen LogP contribution in [0.1, 0.15) is 23.2 Å². The second kappa shape index (κ2) is 9.36. The normalized spacial score (nSPS) is 11.8. The standard InChI is InChI=1S/C19H19ClN4O2S2/c1-12-14(17(26)23-18(21-12)27-2)7-8-16(25)22-19-24(9-10-28-19)11-13-5-3-4-6-15(13)20/h3-6,9-10H,7-8,11H2,1-2H3,(H,21,23,26). The number of thiazole rings is 1. The fourth-order valence-electron chi connectivity index (χ4n) is 2.69. The van der Waals surface area contributed by atoms with Gasteiger partial charge in [-0.2, -0.15) is 4.99 Å². The van der Waals surface area contributed by atoms with E-state index in [-0.39, 0.29) is 17.9 Å². The van der Waals surface area contributed by atoms with Gasteiger partial charge in [0, 0.05) is 34.3 Å². The van der Waals surface area contributed by atoms with Gasteiger partial charge in [0.05, 0.1) is 6.54 Å². The Labute approximate surface area is 175 Å². The number of hydrogen-bond donors (Lipinski definition) is 1. The molecular formula is C19H19ClN4O2S2. The third kappa shape index (κ3) is 5.01. The van der Waals surface area contributed by atoms with E-state index < -0.39 is 0 Å². The number of amides is 1. The summed E-state index contributed by atoms with van der Waals surface area (Å²) in [6.07, 6.45) is 4.17. The third-order valence-corrected chi connectivity index (χ3v) is 5.90. The number of rotatable bonds is 6. The predicted molar refractivity (Wildman–Crippen MR) is 113 cm³/mol. The SMILES string of the molecule is CSc1nc(C)c(CCC(=O)N=c2sccn2Cc2ccccc2Cl)c(=O)[nH]1. The minimum atomic E-state index is -0.275. The first-order valence-electron chi connectivity index (χ1n) is 8.56. The highest BCUT2D eigenvalue weighted by molar-refractivity contribution is 7.98. The maximum atomic E-state index is 12.4. The van der Waals surface area contributed by atoms with Crippen molar-refractivity contribution in [3.63, 3.8) is 0 Å². The number of thioether (sulfide) groups is 1. The van der Waals surface area contributed by atoms with Gasteiger partial charge in [0.25, 0.3) is 5.56 Å². The Bertz CT molecular complexity index is 1120. The molecule has 0 bridgehead atoms. The van der Waals surface area contributed by atoms with Crippen molar-refractivity contribution in [3.05, 3.63) is 72.8 Å². The van der Waals surface area contributed by atoms with Crippen LogP contribution in [0.5, 0.6) is 0 Å². The number of halogens is 1. The van der Waals surface area contributed by atoms with Gasteiger partial charge in [-0.1, -0.05) is 41.6 Å². The molecular weight excluding hydrogens is 416 g/mol. The van der Waals surface area contributed by atoms with Crippen LogP contribution in [0.15, 0.2) is 50.8 Å². The first kappa shape index (κ1) is 20.6. The molecule has 9 heteroatoms. The molecule has 0 unspecified atom stereocenters.